The molecule has 1 amide bonds. The van der Waals surface area contributed by atoms with Crippen LogP contribution in [-0.4, -0.2) is 51.5 Å². The van der Waals surface area contributed by atoms with E-state index in [1.54, 1.807) is 4.90 Å². The number of aliphatic carboxylic acids is 1. The topological polar surface area (TPSA) is 87.1 Å². The molecule has 25 heavy (non-hydrogen) atoms. The minimum absolute atomic E-state index is 0.290. The molecule has 1 aliphatic carbocycles. The molecule has 2 N–H and O–H groups in total. The van der Waals surface area contributed by atoms with Crippen LogP contribution in [0.25, 0.3) is 0 Å². The van der Waals surface area contributed by atoms with Gasteiger partial charge in [-0.05, 0) is 46.5 Å². The third-order valence-corrected chi connectivity index (χ3v) is 5.75. The molecule has 1 heterocycles. The van der Waals surface area contributed by atoms with Gasteiger partial charge in [0.15, 0.2) is 0 Å². The molecule has 6 nitrogen and oxygen atoms in total. The van der Waals surface area contributed by atoms with Crippen molar-refractivity contribution in [3.05, 3.63) is 0 Å². The first-order valence-electron chi connectivity index (χ1n) is 9.53. The number of hydrogen-bond donors (Lipinski definition) is 2. The maximum absolute atomic E-state index is 12.2. The van der Waals surface area contributed by atoms with Crippen LogP contribution in [0.15, 0.2) is 0 Å². The largest absolute Gasteiger partial charge is 0.481 e. The minimum Gasteiger partial charge on any atom is -0.481 e. The summed E-state index contributed by atoms with van der Waals surface area (Å²) in [6, 6.07) is 0. The van der Waals surface area contributed by atoms with Gasteiger partial charge in [-0.2, -0.15) is 0 Å². The normalized spacial score (nSPS) is 24.1. The summed E-state index contributed by atoms with van der Waals surface area (Å²) in [6.45, 7) is 6.12. The number of carboxylic acid groups (broad SMARTS) is 1. The Morgan fingerprint density at radius 2 is 1.40 bits per heavy atom. The van der Waals surface area contributed by atoms with Gasteiger partial charge in [0.1, 0.15) is 5.60 Å². The Balaban J connectivity index is 2.10. The average Bonchev–Trinajstić information content (AvgIpc) is 2.45. The van der Waals surface area contributed by atoms with Gasteiger partial charge in [-0.15, -0.1) is 0 Å². The van der Waals surface area contributed by atoms with Gasteiger partial charge in [-0.1, -0.05) is 32.1 Å². The highest BCUT2D eigenvalue weighted by Crippen LogP contribution is 2.48. The number of nitrogens with zero attached hydrogens (tertiary/aromatic N) is 1. The third kappa shape index (κ3) is 4.46. The molecule has 0 bridgehead atoms. The summed E-state index contributed by atoms with van der Waals surface area (Å²) < 4.78 is 5.39. The molecule has 0 aromatic rings. The van der Waals surface area contributed by atoms with E-state index in [4.69, 9.17) is 4.74 Å². The lowest BCUT2D eigenvalue weighted by molar-refractivity contribution is -0.181. The number of carboxylic acids is 1. The molecule has 2 fully saturated rings. The Labute approximate surface area is 150 Å². The molecule has 0 spiro atoms. The van der Waals surface area contributed by atoms with Gasteiger partial charge in [0.2, 0.25) is 0 Å². The molecule has 1 aliphatic heterocycles. The highest BCUT2D eigenvalue weighted by atomic mass is 16.6. The number of likely N-dealkylation sites (tertiary alicyclic amines) is 1. The van der Waals surface area contributed by atoms with E-state index in [1.807, 2.05) is 20.8 Å². The van der Waals surface area contributed by atoms with Crippen molar-refractivity contribution in [1.82, 2.24) is 4.90 Å². The molecule has 1 saturated heterocycles. The van der Waals surface area contributed by atoms with Crippen LogP contribution >= 0.6 is 0 Å². The monoisotopic (exact) mass is 355 g/mol. The first kappa shape index (κ1) is 20.0. The molecular formula is C19H33NO5. The smallest absolute Gasteiger partial charge is 0.410 e. The maximum atomic E-state index is 12.2. The van der Waals surface area contributed by atoms with Crippen LogP contribution in [0.3, 0.4) is 0 Å². The van der Waals surface area contributed by atoms with Crippen molar-refractivity contribution >= 4 is 12.1 Å². The molecule has 2 aliphatic rings. The maximum Gasteiger partial charge on any atom is 0.410 e. The van der Waals surface area contributed by atoms with Gasteiger partial charge in [0.25, 0.3) is 0 Å². The predicted molar refractivity (Wildman–Crippen MR) is 94.4 cm³/mol. The van der Waals surface area contributed by atoms with Gasteiger partial charge in [0.05, 0.1) is 11.0 Å². The molecule has 0 aromatic carbocycles. The second-order valence-corrected chi connectivity index (χ2v) is 8.65. The first-order valence-corrected chi connectivity index (χ1v) is 9.53. The first-order chi connectivity index (χ1) is 11.6. The lowest BCUT2D eigenvalue weighted by Crippen LogP contribution is -2.59. The van der Waals surface area contributed by atoms with Crippen LogP contribution in [0.5, 0.6) is 0 Å². The lowest BCUT2D eigenvalue weighted by Gasteiger charge is -2.49. The van der Waals surface area contributed by atoms with Crippen molar-refractivity contribution in [2.75, 3.05) is 13.1 Å². The standard InChI is InChI=1S/C19H33NO5/c1-17(2,3)25-16(23)20-13-11-19(24,12-14-20)18(15(21)22)9-7-5-4-6-8-10-18/h24H,4-14H2,1-3H3,(H,21,22). The molecule has 6 heteroatoms. The van der Waals surface area contributed by atoms with E-state index in [0.29, 0.717) is 38.8 Å². The van der Waals surface area contributed by atoms with Crippen molar-refractivity contribution in [2.24, 2.45) is 5.41 Å². The summed E-state index contributed by atoms with van der Waals surface area (Å²) in [5, 5.41) is 21.3. The van der Waals surface area contributed by atoms with Gasteiger partial charge >= 0.3 is 12.1 Å². The Kier molecular flexibility index (Phi) is 6.02. The molecular weight excluding hydrogens is 322 g/mol. The molecule has 1 saturated carbocycles. The fourth-order valence-electron chi connectivity index (χ4n) is 4.25. The Morgan fingerprint density at radius 3 is 1.84 bits per heavy atom. The SMILES string of the molecule is CC(C)(C)OC(=O)N1CCC(O)(C2(C(=O)O)CCCCCCC2)CC1. The van der Waals surface area contributed by atoms with E-state index in [9.17, 15) is 19.8 Å². The van der Waals surface area contributed by atoms with Crippen molar-refractivity contribution in [3.8, 4) is 0 Å². The van der Waals surface area contributed by atoms with Crippen LogP contribution in [-0.2, 0) is 9.53 Å². The van der Waals surface area contributed by atoms with E-state index in [-0.39, 0.29) is 0 Å². The van der Waals surface area contributed by atoms with Crippen molar-refractivity contribution in [1.29, 1.82) is 0 Å². The molecule has 0 unspecified atom stereocenters. The molecule has 0 radical (unpaired) electrons. The van der Waals surface area contributed by atoms with Crippen LogP contribution < -0.4 is 0 Å². The van der Waals surface area contributed by atoms with Gasteiger partial charge in [0, 0.05) is 13.1 Å². The van der Waals surface area contributed by atoms with Crippen LogP contribution in [0, 0.1) is 5.41 Å². The number of rotatable bonds is 2. The van der Waals surface area contributed by atoms with Crippen LogP contribution in [0.2, 0.25) is 0 Å². The zero-order valence-corrected chi connectivity index (χ0v) is 15.8. The number of ether oxygens (including phenoxy) is 1. The van der Waals surface area contributed by atoms with Crippen LogP contribution in [0.1, 0.15) is 78.6 Å². The van der Waals surface area contributed by atoms with E-state index in [1.165, 1.54) is 0 Å². The van der Waals surface area contributed by atoms with Crippen molar-refractivity contribution in [3.63, 3.8) is 0 Å². The number of piperidine rings is 1. The van der Waals surface area contributed by atoms with Crippen molar-refractivity contribution < 1.29 is 24.5 Å². The second kappa shape index (κ2) is 7.52. The number of aliphatic hydroxyl groups is 1. The third-order valence-electron chi connectivity index (χ3n) is 5.75. The van der Waals surface area contributed by atoms with E-state index in [2.05, 4.69) is 0 Å². The zero-order chi connectivity index (χ0) is 18.7. The fraction of sp³-hybridized carbons (Fsp3) is 0.895. The summed E-state index contributed by atoms with van der Waals surface area (Å²) >= 11 is 0. The highest BCUT2D eigenvalue weighted by molar-refractivity contribution is 5.76. The van der Waals surface area contributed by atoms with Crippen LogP contribution in [0.4, 0.5) is 4.79 Å². The Hall–Kier alpha value is -1.30. The molecule has 144 valence electrons. The average molecular weight is 355 g/mol. The summed E-state index contributed by atoms with van der Waals surface area (Å²) in [7, 11) is 0. The molecule has 2 rings (SSSR count). The summed E-state index contributed by atoms with van der Waals surface area (Å²) in [5.74, 6) is -0.886. The molecule has 0 atom stereocenters. The van der Waals surface area contributed by atoms with Gasteiger partial charge in [-0.3, -0.25) is 4.79 Å². The zero-order valence-electron chi connectivity index (χ0n) is 15.8. The number of carbonyl (C=O) groups excluding carboxylic acids is 1. The number of amides is 1. The van der Waals surface area contributed by atoms with Gasteiger partial charge < -0.3 is 19.8 Å². The van der Waals surface area contributed by atoms with Gasteiger partial charge in [-0.25, -0.2) is 4.79 Å². The van der Waals surface area contributed by atoms with Crippen molar-refractivity contribution in [2.45, 2.75) is 89.8 Å². The Morgan fingerprint density at radius 1 is 0.920 bits per heavy atom. The predicted octanol–water partition coefficient (Wildman–Crippen LogP) is 3.56. The quantitative estimate of drug-likeness (QED) is 0.791. The summed E-state index contributed by atoms with van der Waals surface area (Å²) in [5.41, 5.74) is -2.91. The number of carbonyl (C=O) groups is 2. The summed E-state index contributed by atoms with van der Waals surface area (Å²) in [4.78, 5) is 26.0. The van der Waals surface area contributed by atoms with E-state index in [0.717, 1.165) is 32.1 Å². The minimum atomic E-state index is -1.26. The Bertz CT molecular complexity index is 481. The van der Waals surface area contributed by atoms with E-state index >= 15 is 0 Å². The highest BCUT2D eigenvalue weighted by Gasteiger charge is 2.56. The second-order valence-electron chi connectivity index (χ2n) is 8.65. The molecule has 0 aromatic heterocycles. The number of hydrogen-bond acceptors (Lipinski definition) is 4. The summed E-state index contributed by atoms with van der Waals surface area (Å²) in [6.07, 6.45) is 6.09. The lowest BCUT2D eigenvalue weighted by atomic mass is 9.61. The fourth-order valence-corrected chi connectivity index (χ4v) is 4.25. The van der Waals surface area contributed by atoms with E-state index < -0.39 is 28.7 Å².